The number of aliphatic hydroxyl groups excluding tert-OH is 1. The number of furan rings is 1. The number of aliphatic hydroxyl groups is 1. The third-order valence-corrected chi connectivity index (χ3v) is 6.80. The first-order valence-corrected chi connectivity index (χ1v) is 10.1. The van der Waals surface area contributed by atoms with Gasteiger partial charge in [0, 0.05) is 36.0 Å². The third-order valence-electron chi connectivity index (χ3n) is 4.86. The van der Waals surface area contributed by atoms with Gasteiger partial charge < -0.3 is 20.2 Å². The van der Waals surface area contributed by atoms with E-state index in [0.29, 0.717) is 18.4 Å². The first-order chi connectivity index (χ1) is 12.3. The highest BCUT2D eigenvalue weighted by molar-refractivity contribution is 7.92. The smallest absolute Gasteiger partial charge is 0.199 e. The number of carbonyl (C=O) groups excluding carboxylic acids is 1. The molecule has 0 radical (unpaired) electrons. The summed E-state index contributed by atoms with van der Waals surface area (Å²) in [6.07, 6.45) is 1.65. The molecule has 1 aromatic heterocycles. The molecule has 8 heteroatoms. The van der Waals surface area contributed by atoms with Crippen molar-refractivity contribution in [2.24, 2.45) is 0 Å². The summed E-state index contributed by atoms with van der Waals surface area (Å²) in [7, 11) is -3.57. The van der Waals surface area contributed by atoms with Crippen LogP contribution in [-0.4, -0.2) is 36.8 Å². The van der Waals surface area contributed by atoms with E-state index in [4.69, 9.17) is 4.42 Å². The molecule has 0 aliphatic carbocycles. The Morgan fingerprint density at radius 1 is 1.27 bits per heavy atom. The molecule has 3 heterocycles. The summed E-state index contributed by atoms with van der Waals surface area (Å²) in [4.78, 5) is 12.3. The van der Waals surface area contributed by atoms with Crippen molar-refractivity contribution in [2.75, 3.05) is 0 Å². The number of Topliss-reactive ketones (excluding diaryl/α,β-unsaturated/α-hetero) is 1. The van der Waals surface area contributed by atoms with E-state index in [1.165, 1.54) is 6.26 Å². The third kappa shape index (κ3) is 2.89. The van der Waals surface area contributed by atoms with E-state index in [1.54, 1.807) is 31.2 Å². The number of ketones is 1. The SMILES string of the molecule is C[C@H](O)CC(=O)C1CC2=C(CC(S(=O)(=O)c3ccc4occc4c3)N2)N1. The molecule has 2 aromatic rings. The van der Waals surface area contributed by atoms with Gasteiger partial charge in [0.1, 0.15) is 11.0 Å². The number of hydrogen-bond donors (Lipinski definition) is 3. The highest BCUT2D eigenvalue weighted by Crippen LogP contribution is 2.33. The van der Waals surface area contributed by atoms with Crippen LogP contribution in [0.15, 0.2) is 51.2 Å². The molecule has 2 aliphatic heterocycles. The van der Waals surface area contributed by atoms with Gasteiger partial charge in [-0.1, -0.05) is 0 Å². The van der Waals surface area contributed by atoms with E-state index < -0.39 is 27.4 Å². The Bertz CT molecular complexity index is 988. The summed E-state index contributed by atoms with van der Waals surface area (Å²) < 4.78 is 31.1. The molecule has 7 nitrogen and oxygen atoms in total. The zero-order chi connectivity index (χ0) is 18.5. The Kier molecular flexibility index (Phi) is 4.04. The molecule has 0 spiro atoms. The molecule has 0 saturated carbocycles. The second kappa shape index (κ2) is 6.14. The lowest BCUT2D eigenvalue weighted by Crippen LogP contribution is -2.38. The second-order valence-corrected chi connectivity index (χ2v) is 9.01. The molecular weight excluding hydrogens is 356 g/mol. The van der Waals surface area contributed by atoms with Crippen molar-refractivity contribution in [3.63, 3.8) is 0 Å². The molecular formula is C18H20N2O5S. The summed E-state index contributed by atoms with van der Waals surface area (Å²) in [5.74, 6) is -0.0685. The molecule has 0 amide bonds. The normalized spacial score (nSPS) is 23.6. The first kappa shape index (κ1) is 17.1. The van der Waals surface area contributed by atoms with Crippen LogP contribution < -0.4 is 10.6 Å². The van der Waals surface area contributed by atoms with Gasteiger partial charge in [-0.25, -0.2) is 8.42 Å². The Morgan fingerprint density at radius 2 is 2.04 bits per heavy atom. The topological polar surface area (TPSA) is 109 Å². The van der Waals surface area contributed by atoms with Gasteiger partial charge in [-0.2, -0.15) is 0 Å². The largest absolute Gasteiger partial charge is 0.464 e. The van der Waals surface area contributed by atoms with Crippen molar-refractivity contribution in [1.82, 2.24) is 10.6 Å². The Balaban J connectivity index is 1.48. The van der Waals surface area contributed by atoms with E-state index in [2.05, 4.69) is 10.6 Å². The highest BCUT2D eigenvalue weighted by atomic mass is 32.2. The van der Waals surface area contributed by atoms with Crippen molar-refractivity contribution >= 4 is 26.6 Å². The fraction of sp³-hybridized carbons (Fsp3) is 0.389. The van der Waals surface area contributed by atoms with Gasteiger partial charge in [0.05, 0.1) is 23.3 Å². The van der Waals surface area contributed by atoms with Crippen molar-refractivity contribution in [2.45, 2.75) is 48.6 Å². The van der Waals surface area contributed by atoms with Crippen LogP contribution in [0.1, 0.15) is 26.2 Å². The lowest BCUT2D eigenvalue weighted by Gasteiger charge is -2.19. The van der Waals surface area contributed by atoms with Gasteiger partial charge >= 0.3 is 0 Å². The molecule has 26 heavy (non-hydrogen) atoms. The molecule has 2 unspecified atom stereocenters. The van der Waals surface area contributed by atoms with Crippen LogP contribution >= 0.6 is 0 Å². The fourth-order valence-corrected chi connectivity index (χ4v) is 5.10. The van der Waals surface area contributed by atoms with Gasteiger partial charge in [0.25, 0.3) is 0 Å². The zero-order valence-corrected chi connectivity index (χ0v) is 15.0. The van der Waals surface area contributed by atoms with Crippen LogP contribution in [0.3, 0.4) is 0 Å². The summed E-state index contributed by atoms with van der Waals surface area (Å²) >= 11 is 0. The zero-order valence-electron chi connectivity index (χ0n) is 14.2. The van der Waals surface area contributed by atoms with Gasteiger partial charge in [-0.15, -0.1) is 0 Å². The van der Waals surface area contributed by atoms with E-state index in [0.717, 1.165) is 16.8 Å². The van der Waals surface area contributed by atoms with Crippen molar-refractivity contribution in [3.8, 4) is 0 Å². The maximum absolute atomic E-state index is 12.9. The van der Waals surface area contributed by atoms with E-state index in [1.807, 2.05) is 0 Å². The van der Waals surface area contributed by atoms with Gasteiger partial charge in [0.15, 0.2) is 15.6 Å². The number of sulfone groups is 1. The quantitative estimate of drug-likeness (QED) is 0.724. The average Bonchev–Trinajstić information content (AvgIpc) is 3.27. The summed E-state index contributed by atoms with van der Waals surface area (Å²) in [6, 6.07) is 6.15. The Labute approximate surface area is 151 Å². The minimum Gasteiger partial charge on any atom is -0.464 e. The fourth-order valence-electron chi connectivity index (χ4n) is 3.54. The lowest BCUT2D eigenvalue weighted by molar-refractivity contribution is -0.122. The van der Waals surface area contributed by atoms with Crippen LogP contribution in [0.25, 0.3) is 11.0 Å². The van der Waals surface area contributed by atoms with Crippen molar-refractivity contribution < 1.29 is 22.7 Å². The van der Waals surface area contributed by atoms with Crippen molar-refractivity contribution in [1.29, 1.82) is 0 Å². The average molecular weight is 376 g/mol. The number of nitrogens with one attached hydrogen (secondary N) is 2. The second-order valence-electron chi connectivity index (χ2n) is 6.88. The number of carbonyl (C=O) groups is 1. The minimum absolute atomic E-state index is 0.0685. The first-order valence-electron chi connectivity index (χ1n) is 8.51. The molecule has 3 N–H and O–H groups in total. The summed E-state index contributed by atoms with van der Waals surface area (Å²) in [5.41, 5.74) is 2.18. The lowest BCUT2D eigenvalue weighted by atomic mass is 10.1. The van der Waals surface area contributed by atoms with Crippen LogP contribution in [0.5, 0.6) is 0 Å². The number of hydrogen-bond acceptors (Lipinski definition) is 7. The highest BCUT2D eigenvalue weighted by Gasteiger charge is 2.40. The van der Waals surface area contributed by atoms with Crippen LogP contribution in [-0.2, 0) is 14.6 Å². The predicted molar refractivity (Wildman–Crippen MR) is 94.8 cm³/mol. The maximum atomic E-state index is 12.9. The van der Waals surface area contributed by atoms with E-state index >= 15 is 0 Å². The molecule has 1 aromatic carbocycles. The van der Waals surface area contributed by atoms with Crippen LogP contribution in [0.2, 0.25) is 0 Å². The number of rotatable bonds is 5. The number of benzene rings is 1. The van der Waals surface area contributed by atoms with Gasteiger partial charge in [-0.05, 0) is 31.2 Å². The predicted octanol–water partition coefficient (Wildman–Crippen LogP) is 1.44. The standard InChI is InChI=1S/C18H20N2O5S/c1-10(21)6-16(22)15-8-13-14(19-15)9-18(20-13)26(23,24)12-2-3-17-11(7-12)4-5-25-17/h2-5,7,10,15,18-21H,6,8-9H2,1H3/t10-,15?,18?/m0/s1. The molecule has 0 bridgehead atoms. The Hall–Kier alpha value is -2.32. The molecule has 2 aliphatic rings. The van der Waals surface area contributed by atoms with E-state index in [9.17, 15) is 18.3 Å². The van der Waals surface area contributed by atoms with Gasteiger partial charge in [-0.3, -0.25) is 4.79 Å². The molecule has 4 rings (SSSR count). The van der Waals surface area contributed by atoms with E-state index in [-0.39, 0.29) is 17.1 Å². The summed E-state index contributed by atoms with van der Waals surface area (Å²) in [5, 5.41) is 15.5. The van der Waals surface area contributed by atoms with Crippen LogP contribution in [0, 0.1) is 0 Å². The monoisotopic (exact) mass is 376 g/mol. The maximum Gasteiger partial charge on any atom is 0.199 e. The molecule has 3 atom stereocenters. The number of fused-ring (bicyclic) bond motifs is 1. The molecule has 0 fully saturated rings. The van der Waals surface area contributed by atoms with Crippen LogP contribution in [0.4, 0.5) is 0 Å². The molecule has 138 valence electrons. The minimum atomic E-state index is -3.57. The van der Waals surface area contributed by atoms with Crippen molar-refractivity contribution in [3.05, 3.63) is 41.9 Å². The van der Waals surface area contributed by atoms with Gasteiger partial charge in [0.2, 0.25) is 0 Å². The Morgan fingerprint density at radius 3 is 2.77 bits per heavy atom. The summed E-state index contributed by atoms with van der Waals surface area (Å²) in [6.45, 7) is 1.58. The molecule has 0 saturated heterocycles.